The van der Waals surface area contributed by atoms with Crippen LogP contribution in [0.25, 0.3) is 0 Å². The molecule has 4 nitrogen and oxygen atoms in total. The summed E-state index contributed by atoms with van der Waals surface area (Å²) in [6.07, 6.45) is 0. The number of thioether (sulfide) groups is 1. The highest BCUT2D eigenvalue weighted by Crippen LogP contribution is 2.26. The van der Waals surface area contributed by atoms with Gasteiger partial charge in [0.25, 0.3) is 0 Å². The molecule has 0 heterocycles. The van der Waals surface area contributed by atoms with Gasteiger partial charge in [-0.05, 0) is 62.4 Å². The minimum Gasteiger partial charge on any atom is -0.508 e. The first-order chi connectivity index (χ1) is 10.6. The van der Waals surface area contributed by atoms with Crippen LogP contribution in [0.3, 0.4) is 0 Å². The van der Waals surface area contributed by atoms with Crippen molar-refractivity contribution in [2.45, 2.75) is 24.0 Å². The van der Waals surface area contributed by atoms with Crippen LogP contribution in [0, 0.1) is 0 Å². The molecule has 0 saturated carbocycles. The molecule has 0 spiro atoms. The summed E-state index contributed by atoms with van der Waals surface area (Å²) in [6.45, 7) is 4.30. The second kappa shape index (κ2) is 7.75. The van der Waals surface area contributed by atoms with Gasteiger partial charge in [0.05, 0.1) is 6.61 Å². The lowest BCUT2D eigenvalue weighted by atomic mass is 10.3. The normalized spacial score (nSPS) is 11.7. The third kappa shape index (κ3) is 4.70. The summed E-state index contributed by atoms with van der Waals surface area (Å²) in [6, 6.07) is 13.7. The van der Waals surface area contributed by atoms with E-state index in [4.69, 9.17) is 9.47 Å². The van der Waals surface area contributed by atoms with Crippen LogP contribution in [0.2, 0.25) is 0 Å². The van der Waals surface area contributed by atoms with Crippen molar-refractivity contribution >= 4 is 17.7 Å². The maximum atomic E-state index is 12.1. The van der Waals surface area contributed by atoms with Crippen molar-refractivity contribution in [1.82, 2.24) is 0 Å². The molecule has 0 aliphatic heterocycles. The molecule has 22 heavy (non-hydrogen) atoms. The summed E-state index contributed by atoms with van der Waals surface area (Å²) < 4.78 is 10.7. The van der Waals surface area contributed by atoms with Crippen molar-refractivity contribution in [3.63, 3.8) is 0 Å². The molecule has 1 N–H and O–H groups in total. The van der Waals surface area contributed by atoms with Gasteiger partial charge in [0.2, 0.25) is 0 Å². The number of carbonyl (C=O) groups excluding carboxylic acids is 1. The Labute approximate surface area is 134 Å². The van der Waals surface area contributed by atoms with Gasteiger partial charge in [-0.3, -0.25) is 4.79 Å². The number of esters is 1. The Morgan fingerprint density at radius 2 is 1.68 bits per heavy atom. The average molecular weight is 318 g/mol. The largest absolute Gasteiger partial charge is 0.508 e. The van der Waals surface area contributed by atoms with Crippen LogP contribution in [0.5, 0.6) is 17.2 Å². The molecule has 0 aliphatic rings. The van der Waals surface area contributed by atoms with Gasteiger partial charge in [0, 0.05) is 4.90 Å². The molecule has 2 aromatic carbocycles. The van der Waals surface area contributed by atoms with E-state index in [1.54, 1.807) is 55.5 Å². The lowest BCUT2D eigenvalue weighted by molar-refractivity contribution is -0.133. The fraction of sp³-hybridized carbons (Fsp3) is 0.235. The molecule has 0 amide bonds. The lowest BCUT2D eigenvalue weighted by Gasteiger charge is -2.11. The number of hydrogen-bond acceptors (Lipinski definition) is 5. The van der Waals surface area contributed by atoms with Crippen LogP contribution in [0.15, 0.2) is 53.4 Å². The average Bonchev–Trinajstić information content (AvgIpc) is 2.51. The number of aromatic hydroxyl groups is 1. The van der Waals surface area contributed by atoms with Crippen LogP contribution in [-0.2, 0) is 4.79 Å². The molecule has 0 bridgehead atoms. The molecule has 1 atom stereocenters. The van der Waals surface area contributed by atoms with Gasteiger partial charge >= 0.3 is 5.97 Å². The van der Waals surface area contributed by atoms with Crippen molar-refractivity contribution in [2.75, 3.05) is 6.61 Å². The van der Waals surface area contributed by atoms with E-state index < -0.39 is 0 Å². The Morgan fingerprint density at radius 1 is 1.09 bits per heavy atom. The van der Waals surface area contributed by atoms with Gasteiger partial charge in [-0.15, -0.1) is 11.8 Å². The molecular weight excluding hydrogens is 300 g/mol. The fourth-order valence-electron chi connectivity index (χ4n) is 1.75. The number of rotatable bonds is 6. The zero-order valence-electron chi connectivity index (χ0n) is 12.5. The van der Waals surface area contributed by atoms with E-state index in [2.05, 4.69) is 0 Å². The van der Waals surface area contributed by atoms with Crippen LogP contribution < -0.4 is 9.47 Å². The molecule has 0 saturated heterocycles. The van der Waals surface area contributed by atoms with Crippen LogP contribution in [0.1, 0.15) is 13.8 Å². The van der Waals surface area contributed by atoms with Crippen LogP contribution in [0.4, 0.5) is 0 Å². The van der Waals surface area contributed by atoms with Gasteiger partial charge in [-0.2, -0.15) is 0 Å². The van der Waals surface area contributed by atoms with Crippen molar-refractivity contribution in [1.29, 1.82) is 0 Å². The highest BCUT2D eigenvalue weighted by atomic mass is 32.2. The number of hydrogen-bond donors (Lipinski definition) is 1. The van der Waals surface area contributed by atoms with Crippen molar-refractivity contribution in [2.24, 2.45) is 0 Å². The predicted octanol–water partition coefficient (Wildman–Crippen LogP) is 3.88. The Hall–Kier alpha value is -2.14. The van der Waals surface area contributed by atoms with E-state index in [-0.39, 0.29) is 17.0 Å². The van der Waals surface area contributed by atoms with E-state index in [0.29, 0.717) is 12.4 Å². The Morgan fingerprint density at radius 3 is 2.27 bits per heavy atom. The standard InChI is InChI=1S/C17H18O4S/c1-3-20-14-6-8-15(9-7-14)21-17(19)12(2)22-16-10-4-13(18)5-11-16/h4-12,18H,3H2,1-2H3. The summed E-state index contributed by atoms with van der Waals surface area (Å²) in [5.74, 6) is 1.12. The topological polar surface area (TPSA) is 55.8 Å². The van der Waals surface area contributed by atoms with Gasteiger partial charge in [0.1, 0.15) is 22.5 Å². The van der Waals surface area contributed by atoms with Gasteiger partial charge < -0.3 is 14.6 Å². The third-order valence-electron chi connectivity index (χ3n) is 2.83. The summed E-state index contributed by atoms with van der Waals surface area (Å²) in [7, 11) is 0. The Balaban J connectivity index is 1.91. The van der Waals surface area contributed by atoms with E-state index in [0.717, 1.165) is 10.6 Å². The van der Waals surface area contributed by atoms with Crippen molar-refractivity contribution in [3.05, 3.63) is 48.5 Å². The maximum absolute atomic E-state index is 12.1. The number of benzene rings is 2. The number of ether oxygens (including phenoxy) is 2. The first kappa shape index (κ1) is 16.2. The van der Waals surface area contributed by atoms with E-state index in [1.807, 2.05) is 6.92 Å². The van der Waals surface area contributed by atoms with E-state index in [1.165, 1.54) is 11.8 Å². The zero-order chi connectivity index (χ0) is 15.9. The smallest absolute Gasteiger partial charge is 0.324 e. The monoisotopic (exact) mass is 318 g/mol. The molecule has 2 aromatic rings. The molecule has 116 valence electrons. The first-order valence-electron chi connectivity index (χ1n) is 6.98. The summed E-state index contributed by atoms with van der Waals surface area (Å²) >= 11 is 1.38. The molecule has 5 heteroatoms. The SMILES string of the molecule is CCOc1ccc(OC(=O)C(C)Sc2ccc(O)cc2)cc1. The molecule has 0 fully saturated rings. The summed E-state index contributed by atoms with van der Waals surface area (Å²) in [5.41, 5.74) is 0. The molecule has 0 aliphatic carbocycles. The molecular formula is C17H18O4S. The minimum atomic E-state index is -0.351. The molecule has 2 rings (SSSR count). The van der Waals surface area contributed by atoms with E-state index >= 15 is 0 Å². The number of carbonyl (C=O) groups is 1. The molecule has 1 unspecified atom stereocenters. The van der Waals surface area contributed by atoms with Crippen molar-refractivity contribution < 1.29 is 19.4 Å². The fourth-order valence-corrected chi connectivity index (χ4v) is 2.59. The van der Waals surface area contributed by atoms with Gasteiger partial charge in [0.15, 0.2) is 0 Å². The quantitative estimate of drug-likeness (QED) is 0.498. The predicted molar refractivity (Wildman–Crippen MR) is 86.7 cm³/mol. The van der Waals surface area contributed by atoms with Crippen molar-refractivity contribution in [3.8, 4) is 17.2 Å². The van der Waals surface area contributed by atoms with E-state index in [9.17, 15) is 9.90 Å². The lowest BCUT2D eigenvalue weighted by Crippen LogP contribution is -2.19. The van der Waals surface area contributed by atoms with Gasteiger partial charge in [-0.25, -0.2) is 0 Å². The zero-order valence-corrected chi connectivity index (χ0v) is 13.3. The summed E-state index contributed by atoms with van der Waals surface area (Å²) in [4.78, 5) is 13.0. The molecule has 0 aromatic heterocycles. The second-order valence-corrected chi connectivity index (χ2v) is 5.99. The highest BCUT2D eigenvalue weighted by molar-refractivity contribution is 8.00. The molecule has 0 radical (unpaired) electrons. The summed E-state index contributed by atoms with van der Waals surface area (Å²) in [5, 5.41) is 8.89. The van der Waals surface area contributed by atoms with Crippen LogP contribution >= 0.6 is 11.8 Å². The maximum Gasteiger partial charge on any atom is 0.324 e. The van der Waals surface area contributed by atoms with Crippen LogP contribution in [-0.4, -0.2) is 22.9 Å². The van der Waals surface area contributed by atoms with Gasteiger partial charge in [-0.1, -0.05) is 0 Å². The third-order valence-corrected chi connectivity index (χ3v) is 3.93. The highest BCUT2D eigenvalue weighted by Gasteiger charge is 2.17. The first-order valence-corrected chi connectivity index (χ1v) is 7.86. The Kier molecular flexibility index (Phi) is 5.72. The Bertz CT molecular complexity index is 608. The number of phenolic OH excluding ortho intramolecular Hbond substituents is 1. The second-order valence-electron chi connectivity index (χ2n) is 4.58. The number of phenols is 1. The minimum absolute atomic E-state index is 0.203.